The van der Waals surface area contributed by atoms with Crippen LogP contribution in [0.4, 0.5) is 0 Å². The van der Waals surface area contributed by atoms with Crippen molar-refractivity contribution in [3.8, 4) is 0 Å². The zero-order chi connectivity index (χ0) is 13.2. The lowest BCUT2D eigenvalue weighted by Crippen LogP contribution is -2.44. The number of likely N-dealkylation sites (N-methyl/N-ethyl adjacent to an activating group) is 1. The van der Waals surface area contributed by atoms with Gasteiger partial charge in [0, 0.05) is 18.5 Å². The summed E-state index contributed by atoms with van der Waals surface area (Å²) in [7, 11) is 1.88. The van der Waals surface area contributed by atoms with Gasteiger partial charge in [-0.1, -0.05) is 24.3 Å². The van der Waals surface area contributed by atoms with Gasteiger partial charge in [0.2, 0.25) is 5.91 Å². The lowest BCUT2D eigenvalue weighted by Gasteiger charge is -2.30. The molecule has 1 aliphatic carbocycles. The third-order valence-electron chi connectivity index (χ3n) is 4.27. The highest BCUT2D eigenvalue weighted by Gasteiger charge is 2.34. The highest BCUT2D eigenvalue weighted by atomic mass is 16.5. The second kappa shape index (κ2) is 5.31. The number of hydrogen-bond acceptors (Lipinski definition) is 3. The van der Waals surface area contributed by atoms with Crippen molar-refractivity contribution in [3.63, 3.8) is 0 Å². The Bertz CT molecular complexity index is 475. The van der Waals surface area contributed by atoms with Crippen LogP contribution in [-0.2, 0) is 16.0 Å². The van der Waals surface area contributed by atoms with E-state index in [-0.39, 0.29) is 17.9 Å². The summed E-state index contributed by atoms with van der Waals surface area (Å²) in [6, 6.07) is 8.60. The second-order valence-electron chi connectivity index (χ2n) is 5.38. The Balaban J connectivity index is 1.52. The highest BCUT2D eigenvalue weighted by molar-refractivity contribution is 5.80. The maximum Gasteiger partial charge on any atom is 0.227 e. The Kier molecular flexibility index (Phi) is 3.53. The van der Waals surface area contributed by atoms with Gasteiger partial charge >= 0.3 is 0 Å². The molecule has 1 aromatic rings. The van der Waals surface area contributed by atoms with Crippen LogP contribution in [0, 0.1) is 5.92 Å². The number of hydrogen-bond donors (Lipinski definition) is 2. The van der Waals surface area contributed by atoms with Gasteiger partial charge in [0.1, 0.15) is 0 Å². The number of amides is 1. The maximum atomic E-state index is 12.1. The van der Waals surface area contributed by atoms with Gasteiger partial charge in [0.25, 0.3) is 0 Å². The van der Waals surface area contributed by atoms with Gasteiger partial charge < -0.3 is 15.4 Å². The van der Waals surface area contributed by atoms with Crippen LogP contribution < -0.4 is 10.6 Å². The van der Waals surface area contributed by atoms with E-state index in [2.05, 4.69) is 34.9 Å². The molecule has 0 aromatic heterocycles. The fourth-order valence-electron chi connectivity index (χ4n) is 3.00. The molecule has 1 aliphatic heterocycles. The summed E-state index contributed by atoms with van der Waals surface area (Å²) in [5.74, 6) is 0.539. The Labute approximate surface area is 113 Å². The minimum Gasteiger partial charge on any atom is -0.379 e. The van der Waals surface area contributed by atoms with Crippen LogP contribution in [0.15, 0.2) is 24.3 Å². The quantitative estimate of drug-likeness (QED) is 0.837. The van der Waals surface area contributed by atoms with Crippen LogP contribution in [0.5, 0.6) is 0 Å². The molecular weight excluding hydrogens is 240 g/mol. The molecule has 2 aliphatic rings. The summed E-state index contributed by atoms with van der Waals surface area (Å²) in [6.07, 6.45) is 1.08. The van der Waals surface area contributed by atoms with E-state index < -0.39 is 0 Å². The third kappa shape index (κ3) is 2.38. The Hall–Kier alpha value is -1.39. The van der Waals surface area contributed by atoms with Crippen molar-refractivity contribution >= 4 is 5.91 Å². The van der Waals surface area contributed by atoms with E-state index in [1.54, 1.807) is 0 Å². The normalized spacial score (nSPS) is 28.6. The lowest BCUT2D eigenvalue weighted by molar-refractivity contribution is -0.125. The van der Waals surface area contributed by atoms with Crippen molar-refractivity contribution in [1.29, 1.82) is 0 Å². The van der Waals surface area contributed by atoms with E-state index in [1.165, 1.54) is 11.1 Å². The minimum absolute atomic E-state index is 0.0553. The second-order valence-corrected chi connectivity index (χ2v) is 5.38. The molecule has 1 heterocycles. The molecule has 3 atom stereocenters. The molecule has 3 unspecified atom stereocenters. The first-order valence-electron chi connectivity index (χ1n) is 6.90. The molecule has 1 fully saturated rings. The zero-order valence-electron chi connectivity index (χ0n) is 11.2. The topological polar surface area (TPSA) is 50.4 Å². The van der Waals surface area contributed by atoms with E-state index >= 15 is 0 Å². The number of fused-ring (bicyclic) bond motifs is 1. The van der Waals surface area contributed by atoms with Gasteiger partial charge in [-0.05, 0) is 24.6 Å². The molecule has 0 radical (unpaired) electrons. The summed E-state index contributed by atoms with van der Waals surface area (Å²) >= 11 is 0. The maximum absolute atomic E-state index is 12.1. The smallest absolute Gasteiger partial charge is 0.227 e. The highest BCUT2D eigenvalue weighted by Crippen LogP contribution is 2.34. The molecule has 3 rings (SSSR count). The van der Waals surface area contributed by atoms with Gasteiger partial charge in [-0.2, -0.15) is 0 Å². The summed E-state index contributed by atoms with van der Waals surface area (Å²) in [5.41, 5.74) is 2.80. The van der Waals surface area contributed by atoms with Crippen LogP contribution in [0.1, 0.15) is 17.0 Å². The van der Waals surface area contributed by atoms with Crippen LogP contribution in [-0.4, -0.2) is 38.8 Å². The summed E-state index contributed by atoms with van der Waals surface area (Å²) in [5, 5.41) is 6.21. The van der Waals surface area contributed by atoms with E-state index in [0.29, 0.717) is 19.1 Å². The molecule has 0 spiro atoms. The van der Waals surface area contributed by atoms with E-state index in [9.17, 15) is 4.79 Å². The number of rotatable bonds is 4. The Morgan fingerprint density at radius 1 is 1.37 bits per heavy atom. The molecule has 4 nitrogen and oxygen atoms in total. The molecule has 0 saturated carbocycles. The van der Waals surface area contributed by atoms with Gasteiger partial charge in [0.05, 0.1) is 19.1 Å². The largest absolute Gasteiger partial charge is 0.379 e. The van der Waals surface area contributed by atoms with Gasteiger partial charge in [-0.15, -0.1) is 0 Å². The lowest BCUT2D eigenvalue weighted by atomic mass is 9.77. The average molecular weight is 260 g/mol. The van der Waals surface area contributed by atoms with Crippen LogP contribution >= 0.6 is 0 Å². The fraction of sp³-hybridized carbons (Fsp3) is 0.533. The monoisotopic (exact) mass is 260 g/mol. The number of ether oxygens (including phenoxy) is 1. The van der Waals surface area contributed by atoms with E-state index in [0.717, 1.165) is 13.0 Å². The first-order valence-corrected chi connectivity index (χ1v) is 6.90. The van der Waals surface area contributed by atoms with Crippen LogP contribution in [0.25, 0.3) is 0 Å². The van der Waals surface area contributed by atoms with Gasteiger partial charge in [-0.25, -0.2) is 0 Å². The zero-order valence-corrected chi connectivity index (χ0v) is 11.2. The number of nitrogens with one attached hydrogen (secondary N) is 2. The van der Waals surface area contributed by atoms with Crippen molar-refractivity contribution < 1.29 is 9.53 Å². The molecule has 1 amide bonds. The van der Waals surface area contributed by atoms with Crippen LogP contribution in [0.3, 0.4) is 0 Å². The van der Waals surface area contributed by atoms with Gasteiger partial charge in [-0.3, -0.25) is 4.79 Å². The third-order valence-corrected chi connectivity index (χ3v) is 4.27. The summed E-state index contributed by atoms with van der Waals surface area (Å²) < 4.78 is 5.36. The molecule has 0 bridgehead atoms. The summed E-state index contributed by atoms with van der Waals surface area (Å²) in [4.78, 5) is 12.1. The van der Waals surface area contributed by atoms with Crippen molar-refractivity contribution in [2.45, 2.75) is 18.4 Å². The van der Waals surface area contributed by atoms with Crippen molar-refractivity contribution in [3.05, 3.63) is 35.4 Å². The first kappa shape index (κ1) is 12.6. The summed E-state index contributed by atoms with van der Waals surface area (Å²) in [6.45, 7) is 1.89. The molecule has 4 heteroatoms. The van der Waals surface area contributed by atoms with Gasteiger partial charge in [0.15, 0.2) is 0 Å². The minimum atomic E-state index is -0.0553. The number of benzene rings is 1. The van der Waals surface area contributed by atoms with E-state index in [1.807, 2.05) is 7.05 Å². The Morgan fingerprint density at radius 3 is 3.00 bits per heavy atom. The van der Waals surface area contributed by atoms with E-state index in [4.69, 9.17) is 4.74 Å². The molecular formula is C15H20N2O2. The number of carbonyl (C=O) groups excluding carboxylic acids is 1. The molecule has 19 heavy (non-hydrogen) atoms. The Morgan fingerprint density at radius 2 is 2.21 bits per heavy atom. The number of carbonyl (C=O) groups is 1. The predicted molar refractivity (Wildman–Crippen MR) is 73.1 cm³/mol. The molecule has 1 saturated heterocycles. The first-order chi connectivity index (χ1) is 9.29. The SMILES string of the molecule is CNC1COCC1C(=O)NCC1Cc2ccccc21. The molecule has 1 aromatic carbocycles. The predicted octanol–water partition coefficient (Wildman–Crippen LogP) is 0.677. The van der Waals surface area contributed by atoms with Crippen LogP contribution in [0.2, 0.25) is 0 Å². The van der Waals surface area contributed by atoms with Crippen molar-refractivity contribution in [2.24, 2.45) is 5.92 Å². The average Bonchev–Trinajstić information content (AvgIpc) is 2.88. The fourth-order valence-corrected chi connectivity index (χ4v) is 3.00. The standard InChI is InChI=1S/C15H20N2O2/c1-16-14-9-19-8-13(14)15(18)17-7-11-6-10-4-2-3-5-12(10)11/h2-5,11,13-14,16H,6-9H2,1H3,(H,17,18). The van der Waals surface area contributed by atoms with Crippen molar-refractivity contribution in [2.75, 3.05) is 26.8 Å². The molecule has 2 N–H and O–H groups in total. The molecule has 102 valence electrons. The van der Waals surface area contributed by atoms with Crippen molar-refractivity contribution in [1.82, 2.24) is 10.6 Å².